The van der Waals surface area contributed by atoms with Crippen LogP contribution in [0.5, 0.6) is 0 Å². The fourth-order valence-electron chi connectivity index (χ4n) is 1.10. The standard InChI is InChI=1S/C9H20NO6P/c1-4-15-17(13,16-5-2)8(11)6-7-10-9(12)14-3/h8,11H,4-7H2,1-3H3,(H,10,12). The van der Waals surface area contributed by atoms with Gasteiger partial charge in [-0.2, -0.15) is 0 Å². The Bertz CT molecular complexity index is 262. The molecule has 0 aromatic heterocycles. The van der Waals surface area contributed by atoms with Crippen molar-refractivity contribution in [2.75, 3.05) is 26.9 Å². The Balaban J connectivity index is 4.19. The fraction of sp³-hybridized carbons (Fsp3) is 0.889. The third kappa shape index (κ3) is 6.02. The molecule has 0 aliphatic heterocycles. The molecule has 0 fully saturated rings. The van der Waals surface area contributed by atoms with Crippen LogP contribution in [0.1, 0.15) is 20.3 Å². The molecule has 1 atom stereocenters. The number of hydrogen-bond acceptors (Lipinski definition) is 6. The van der Waals surface area contributed by atoms with Gasteiger partial charge < -0.3 is 24.2 Å². The Hall–Kier alpha value is -0.620. The van der Waals surface area contributed by atoms with Crippen molar-refractivity contribution in [2.45, 2.75) is 26.1 Å². The number of carbonyl (C=O) groups excluding carboxylic acids is 1. The van der Waals surface area contributed by atoms with Gasteiger partial charge in [-0.3, -0.25) is 4.57 Å². The summed E-state index contributed by atoms with van der Waals surface area (Å²) in [5, 5.41) is 12.1. The predicted octanol–water partition coefficient (Wildman–Crippen LogP) is 1.32. The molecule has 17 heavy (non-hydrogen) atoms. The van der Waals surface area contributed by atoms with Gasteiger partial charge in [0.15, 0.2) is 5.85 Å². The van der Waals surface area contributed by atoms with Crippen molar-refractivity contribution in [3.63, 3.8) is 0 Å². The lowest BCUT2D eigenvalue weighted by Crippen LogP contribution is -2.27. The quantitative estimate of drug-likeness (QED) is 0.645. The van der Waals surface area contributed by atoms with Crippen molar-refractivity contribution in [1.82, 2.24) is 5.32 Å². The number of aliphatic hydroxyl groups excluding tert-OH is 1. The second kappa shape index (κ2) is 8.47. The average Bonchev–Trinajstić information content (AvgIpc) is 2.29. The van der Waals surface area contributed by atoms with Gasteiger partial charge in [0.1, 0.15) is 0 Å². The second-order valence-electron chi connectivity index (χ2n) is 3.06. The van der Waals surface area contributed by atoms with Crippen LogP contribution in [0.2, 0.25) is 0 Å². The van der Waals surface area contributed by atoms with Crippen molar-refractivity contribution >= 4 is 13.7 Å². The first-order chi connectivity index (χ1) is 8.00. The van der Waals surface area contributed by atoms with Gasteiger partial charge in [-0.05, 0) is 13.8 Å². The molecule has 0 spiro atoms. The molecule has 2 N–H and O–H groups in total. The van der Waals surface area contributed by atoms with Crippen LogP contribution in [0.25, 0.3) is 0 Å². The lowest BCUT2D eigenvalue weighted by Gasteiger charge is -2.22. The molecule has 0 saturated carbocycles. The highest BCUT2D eigenvalue weighted by Gasteiger charge is 2.33. The molecule has 0 radical (unpaired) electrons. The van der Waals surface area contributed by atoms with E-state index in [0.717, 1.165) is 0 Å². The molecule has 8 heteroatoms. The maximum absolute atomic E-state index is 12.0. The van der Waals surface area contributed by atoms with E-state index in [9.17, 15) is 14.5 Å². The zero-order valence-electron chi connectivity index (χ0n) is 10.3. The van der Waals surface area contributed by atoms with Crippen molar-refractivity contribution < 1.29 is 28.3 Å². The van der Waals surface area contributed by atoms with Crippen LogP contribution in [0, 0.1) is 0 Å². The number of carbonyl (C=O) groups is 1. The zero-order chi connectivity index (χ0) is 13.3. The molecule has 0 heterocycles. The molecule has 1 unspecified atom stereocenters. The Morgan fingerprint density at radius 2 is 1.88 bits per heavy atom. The van der Waals surface area contributed by atoms with E-state index in [1.807, 2.05) is 0 Å². The van der Waals surface area contributed by atoms with E-state index >= 15 is 0 Å². The minimum absolute atomic E-state index is 0.0619. The van der Waals surface area contributed by atoms with E-state index in [1.165, 1.54) is 7.11 Å². The molecule has 0 aromatic carbocycles. The van der Waals surface area contributed by atoms with Crippen molar-refractivity contribution in [1.29, 1.82) is 0 Å². The van der Waals surface area contributed by atoms with E-state index in [2.05, 4.69) is 10.1 Å². The number of aliphatic hydroxyl groups is 1. The lowest BCUT2D eigenvalue weighted by molar-refractivity contribution is 0.141. The maximum Gasteiger partial charge on any atom is 0.406 e. The number of rotatable bonds is 8. The third-order valence-electron chi connectivity index (χ3n) is 1.84. The fourth-order valence-corrected chi connectivity index (χ4v) is 2.69. The van der Waals surface area contributed by atoms with Crippen LogP contribution < -0.4 is 5.32 Å². The number of methoxy groups -OCH3 is 1. The minimum atomic E-state index is -3.52. The van der Waals surface area contributed by atoms with Gasteiger partial charge >= 0.3 is 13.7 Å². The third-order valence-corrected chi connectivity index (χ3v) is 4.06. The number of hydrogen-bond donors (Lipinski definition) is 2. The highest BCUT2D eigenvalue weighted by atomic mass is 31.2. The molecule has 0 aliphatic rings. The summed E-state index contributed by atoms with van der Waals surface area (Å²) in [6, 6.07) is 0. The Morgan fingerprint density at radius 1 is 1.35 bits per heavy atom. The maximum atomic E-state index is 12.0. The monoisotopic (exact) mass is 269 g/mol. The Kier molecular flexibility index (Phi) is 8.16. The van der Waals surface area contributed by atoms with E-state index in [1.54, 1.807) is 13.8 Å². The van der Waals surface area contributed by atoms with Gasteiger partial charge in [0, 0.05) is 13.0 Å². The molecular weight excluding hydrogens is 249 g/mol. The van der Waals surface area contributed by atoms with E-state index in [-0.39, 0.29) is 26.2 Å². The van der Waals surface area contributed by atoms with E-state index < -0.39 is 19.5 Å². The smallest absolute Gasteiger partial charge is 0.406 e. The molecule has 0 aromatic rings. The number of nitrogens with one attached hydrogen (secondary N) is 1. The molecular formula is C9H20NO6P. The summed E-state index contributed by atoms with van der Waals surface area (Å²) in [6.45, 7) is 3.80. The number of amides is 1. The minimum Gasteiger partial charge on any atom is -0.453 e. The molecule has 0 aliphatic carbocycles. The summed E-state index contributed by atoms with van der Waals surface area (Å²) in [6.07, 6.45) is -0.549. The first kappa shape index (κ1) is 16.4. The number of ether oxygens (including phenoxy) is 1. The van der Waals surface area contributed by atoms with Crippen molar-refractivity contribution in [3.8, 4) is 0 Å². The highest BCUT2D eigenvalue weighted by Crippen LogP contribution is 2.52. The molecule has 102 valence electrons. The summed E-state index contributed by atoms with van der Waals surface area (Å²) in [5.74, 6) is -1.26. The van der Waals surface area contributed by atoms with Crippen LogP contribution in [-0.2, 0) is 18.3 Å². The van der Waals surface area contributed by atoms with Crippen LogP contribution >= 0.6 is 7.60 Å². The summed E-state index contributed by atoms with van der Waals surface area (Å²) >= 11 is 0. The zero-order valence-corrected chi connectivity index (χ0v) is 11.2. The number of alkyl carbamates (subject to hydrolysis) is 1. The predicted molar refractivity (Wildman–Crippen MR) is 61.9 cm³/mol. The lowest BCUT2D eigenvalue weighted by atomic mass is 10.4. The first-order valence-electron chi connectivity index (χ1n) is 5.38. The van der Waals surface area contributed by atoms with Gasteiger partial charge in [0.2, 0.25) is 0 Å². The van der Waals surface area contributed by atoms with Crippen LogP contribution in [-0.4, -0.2) is 43.9 Å². The SMILES string of the molecule is CCOP(=O)(OCC)C(O)CCNC(=O)OC. The molecule has 1 amide bonds. The van der Waals surface area contributed by atoms with E-state index in [4.69, 9.17) is 9.05 Å². The van der Waals surface area contributed by atoms with E-state index in [0.29, 0.717) is 0 Å². The average molecular weight is 269 g/mol. The normalized spacial score (nSPS) is 13.2. The summed E-state index contributed by atoms with van der Waals surface area (Å²) in [4.78, 5) is 10.7. The first-order valence-corrected chi connectivity index (χ1v) is 7.00. The summed E-state index contributed by atoms with van der Waals surface area (Å²) < 4.78 is 26.3. The van der Waals surface area contributed by atoms with Crippen LogP contribution in [0.3, 0.4) is 0 Å². The highest BCUT2D eigenvalue weighted by molar-refractivity contribution is 7.54. The topological polar surface area (TPSA) is 94.1 Å². The van der Waals surface area contributed by atoms with Crippen molar-refractivity contribution in [3.05, 3.63) is 0 Å². The van der Waals surface area contributed by atoms with Gasteiger partial charge in [-0.25, -0.2) is 4.79 Å². The summed E-state index contributed by atoms with van der Waals surface area (Å²) in [7, 11) is -2.28. The molecule has 7 nitrogen and oxygen atoms in total. The van der Waals surface area contributed by atoms with Gasteiger partial charge in [-0.1, -0.05) is 0 Å². The van der Waals surface area contributed by atoms with Gasteiger partial charge in [0.25, 0.3) is 0 Å². The van der Waals surface area contributed by atoms with Gasteiger partial charge in [0.05, 0.1) is 20.3 Å². The molecule has 0 rings (SSSR count). The summed E-state index contributed by atoms with van der Waals surface area (Å²) in [5.41, 5.74) is 0. The van der Waals surface area contributed by atoms with Gasteiger partial charge in [-0.15, -0.1) is 0 Å². The largest absolute Gasteiger partial charge is 0.453 e. The van der Waals surface area contributed by atoms with Crippen LogP contribution in [0.15, 0.2) is 0 Å². The molecule has 0 saturated heterocycles. The Morgan fingerprint density at radius 3 is 2.29 bits per heavy atom. The second-order valence-corrected chi connectivity index (χ2v) is 5.26. The molecule has 0 bridgehead atoms. The van der Waals surface area contributed by atoms with Crippen molar-refractivity contribution in [2.24, 2.45) is 0 Å². The van der Waals surface area contributed by atoms with Crippen LogP contribution in [0.4, 0.5) is 4.79 Å². The Labute approximate surface area is 101 Å².